The van der Waals surface area contributed by atoms with Crippen LogP contribution in [0, 0.1) is 11.6 Å². The van der Waals surface area contributed by atoms with E-state index in [9.17, 15) is 13.6 Å². The Kier molecular flexibility index (Phi) is 4.56. The van der Waals surface area contributed by atoms with Gasteiger partial charge in [0.2, 0.25) is 0 Å². The van der Waals surface area contributed by atoms with Crippen molar-refractivity contribution in [2.24, 2.45) is 5.10 Å². The minimum atomic E-state index is -1.05. The van der Waals surface area contributed by atoms with Crippen molar-refractivity contribution in [3.8, 4) is 0 Å². The zero-order valence-electron chi connectivity index (χ0n) is 9.46. The summed E-state index contributed by atoms with van der Waals surface area (Å²) in [5.74, 6) is -2.65. The summed E-state index contributed by atoms with van der Waals surface area (Å²) in [5.41, 5.74) is 2.14. The van der Waals surface area contributed by atoms with Crippen LogP contribution in [0.4, 0.5) is 14.5 Å². The number of anilines is 1. The first-order valence-electron chi connectivity index (χ1n) is 4.97. The van der Waals surface area contributed by atoms with Gasteiger partial charge in [-0.15, -0.1) is 0 Å². The first kappa shape index (κ1) is 13.1. The number of ether oxygens (including phenoxy) is 1. The summed E-state index contributed by atoms with van der Waals surface area (Å²) in [4.78, 5) is 11.2. The highest BCUT2D eigenvalue weighted by atomic mass is 19.2. The minimum absolute atomic E-state index is 0.0236. The molecular weight excluding hydrogens is 230 g/mol. The predicted octanol–water partition coefficient (Wildman–Crippen LogP) is 2.32. The van der Waals surface area contributed by atoms with Crippen molar-refractivity contribution < 1.29 is 18.3 Å². The summed E-state index contributed by atoms with van der Waals surface area (Å²) < 4.78 is 30.7. The highest BCUT2D eigenvalue weighted by Gasteiger charge is 2.09. The SMILES string of the molecule is CCOC(=O)/C(C)=N\Nc1cccc(F)c1F. The van der Waals surface area contributed by atoms with E-state index in [0.717, 1.165) is 6.07 Å². The maximum atomic E-state index is 13.2. The van der Waals surface area contributed by atoms with Crippen LogP contribution in [0.2, 0.25) is 0 Å². The van der Waals surface area contributed by atoms with Gasteiger partial charge in [0.1, 0.15) is 5.71 Å². The summed E-state index contributed by atoms with van der Waals surface area (Å²) >= 11 is 0. The molecule has 0 amide bonds. The Hall–Kier alpha value is -1.98. The summed E-state index contributed by atoms with van der Waals surface area (Å²) in [7, 11) is 0. The van der Waals surface area contributed by atoms with Crippen molar-refractivity contribution in [2.75, 3.05) is 12.0 Å². The summed E-state index contributed by atoms with van der Waals surface area (Å²) in [6.45, 7) is 3.28. The zero-order chi connectivity index (χ0) is 12.8. The smallest absolute Gasteiger partial charge is 0.354 e. The molecule has 0 radical (unpaired) electrons. The van der Waals surface area contributed by atoms with Gasteiger partial charge >= 0.3 is 5.97 Å². The molecule has 1 aromatic rings. The van der Waals surface area contributed by atoms with Crippen LogP contribution in [0.3, 0.4) is 0 Å². The van der Waals surface area contributed by atoms with E-state index in [-0.39, 0.29) is 18.0 Å². The van der Waals surface area contributed by atoms with E-state index in [4.69, 9.17) is 0 Å². The molecule has 0 saturated carbocycles. The molecule has 0 aliphatic carbocycles. The van der Waals surface area contributed by atoms with Crippen molar-refractivity contribution in [1.29, 1.82) is 0 Å². The third-order valence-electron chi connectivity index (χ3n) is 1.87. The van der Waals surface area contributed by atoms with E-state index >= 15 is 0 Å². The van der Waals surface area contributed by atoms with Crippen LogP contribution in [0.25, 0.3) is 0 Å². The Morgan fingerprint density at radius 3 is 2.82 bits per heavy atom. The molecule has 1 rings (SSSR count). The molecule has 0 aromatic heterocycles. The molecular formula is C11H12F2N2O2. The molecule has 6 heteroatoms. The van der Waals surface area contributed by atoms with Gasteiger partial charge in [0.15, 0.2) is 11.6 Å². The van der Waals surface area contributed by atoms with Crippen LogP contribution in [-0.4, -0.2) is 18.3 Å². The van der Waals surface area contributed by atoms with E-state index in [2.05, 4.69) is 15.3 Å². The number of hydrazone groups is 1. The Labute approximate surface area is 97.3 Å². The number of esters is 1. The first-order chi connectivity index (χ1) is 8.06. The number of hydrogen-bond acceptors (Lipinski definition) is 4. The third kappa shape index (κ3) is 3.51. The van der Waals surface area contributed by atoms with Gasteiger partial charge in [-0.05, 0) is 26.0 Å². The first-order valence-corrected chi connectivity index (χ1v) is 4.97. The average Bonchev–Trinajstić information content (AvgIpc) is 2.31. The lowest BCUT2D eigenvalue weighted by molar-refractivity contribution is -0.135. The van der Waals surface area contributed by atoms with Crippen LogP contribution >= 0.6 is 0 Å². The van der Waals surface area contributed by atoms with Crippen LogP contribution < -0.4 is 5.43 Å². The lowest BCUT2D eigenvalue weighted by atomic mass is 10.3. The fourth-order valence-corrected chi connectivity index (χ4v) is 1.02. The number of carbonyl (C=O) groups excluding carboxylic acids is 1. The number of nitrogens with one attached hydrogen (secondary N) is 1. The van der Waals surface area contributed by atoms with Crippen molar-refractivity contribution >= 4 is 17.4 Å². The fourth-order valence-electron chi connectivity index (χ4n) is 1.02. The molecule has 0 bridgehead atoms. The second-order valence-corrected chi connectivity index (χ2v) is 3.13. The Balaban J connectivity index is 2.75. The van der Waals surface area contributed by atoms with Gasteiger partial charge in [-0.3, -0.25) is 5.43 Å². The number of hydrogen-bond donors (Lipinski definition) is 1. The Bertz CT molecular complexity index is 447. The lowest BCUT2D eigenvalue weighted by Crippen LogP contribution is -2.15. The normalized spacial score (nSPS) is 11.2. The van der Waals surface area contributed by atoms with E-state index in [1.807, 2.05) is 0 Å². The second-order valence-electron chi connectivity index (χ2n) is 3.13. The van der Waals surface area contributed by atoms with E-state index in [0.29, 0.717) is 0 Å². The molecule has 0 spiro atoms. The molecule has 1 aromatic carbocycles. The Morgan fingerprint density at radius 1 is 1.47 bits per heavy atom. The van der Waals surface area contributed by atoms with Gasteiger partial charge in [0, 0.05) is 0 Å². The third-order valence-corrected chi connectivity index (χ3v) is 1.87. The van der Waals surface area contributed by atoms with E-state index in [1.54, 1.807) is 6.92 Å². The molecule has 17 heavy (non-hydrogen) atoms. The summed E-state index contributed by atoms with van der Waals surface area (Å²) in [5, 5.41) is 3.60. The largest absolute Gasteiger partial charge is 0.461 e. The van der Waals surface area contributed by atoms with Gasteiger partial charge in [-0.2, -0.15) is 5.10 Å². The van der Waals surface area contributed by atoms with E-state index < -0.39 is 17.6 Å². The number of halogens is 2. The van der Waals surface area contributed by atoms with Crippen molar-refractivity contribution in [3.63, 3.8) is 0 Å². The maximum absolute atomic E-state index is 13.2. The van der Waals surface area contributed by atoms with Crippen LogP contribution in [0.5, 0.6) is 0 Å². The zero-order valence-corrected chi connectivity index (χ0v) is 9.46. The molecule has 4 nitrogen and oxygen atoms in total. The monoisotopic (exact) mass is 242 g/mol. The predicted molar refractivity (Wildman–Crippen MR) is 59.7 cm³/mol. The molecule has 0 saturated heterocycles. The van der Waals surface area contributed by atoms with Gasteiger partial charge < -0.3 is 4.74 Å². The molecule has 0 heterocycles. The van der Waals surface area contributed by atoms with Gasteiger partial charge in [-0.1, -0.05) is 6.07 Å². The molecule has 0 atom stereocenters. The molecule has 0 unspecified atom stereocenters. The molecule has 0 aliphatic rings. The number of nitrogens with zero attached hydrogens (tertiary/aromatic N) is 1. The van der Waals surface area contributed by atoms with Gasteiger partial charge in [0.25, 0.3) is 0 Å². The summed E-state index contributed by atoms with van der Waals surface area (Å²) in [6, 6.07) is 3.62. The van der Waals surface area contributed by atoms with Crippen LogP contribution in [0.15, 0.2) is 23.3 Å². The standard InChI is InChI=1S/C11H12F2N2O2/c1-3-17-11(16)7(2)14-15-9-6-4-5-8(12)10(9)13/h4-6,15H,3H2,1-2H3/b14-7-. The van der Waals surface area contributed by atoms with E-state index in [1.165, 1.54) is 19.1 Å². The van der Waals surface area contributed by atoms with Gasteiger partial charge in [0.05, 0.1) is 12.3 Å². The highest BCUT2D eigenvalue weighted by Crippen LogP contribution is 2.16. The number of carbonyl (C=O) groups is 1. The lowest BCUT2D eigenvalue weighted by Gasteiger charge is -2.04. The van der Waals surface area contributed by atoms with Crippen molar-refractivity contribution in [1.82, 2.24) is 0 Å². The molecule has 0 aliphatic heterocycles. The topological polar surface area (TPSA) is 50.7 Å². The van der Waals surface area contributed by atoms with Gasteiger partial charge in [-0.25, -0.2) is 13.6 Å². The molecule has 0 fully saturated rings. The maximum Gasteiger partial charge on any atom is 0.354 e. The molecule has 1 N–H and O–H groups in total. The average molecular weight is 242 g/mol. The quantitative estimate of drug-likeness (QED) is 0.500. The molecule has 92 valence electrons. The Morgan fingerprint density at radius 2 is 2.18 bits per heavy atom. The van der Waals surface area contributed by atoms with Crippen molar-refractivity contribution in [3.05, 3.63) is 29.8 Å². The van der Waals surface area contributed by atoms with Crippen molar-refractivity contribution in [2.45, 2.75) is 13.8 Å². The minimum Gasteiger partial charge on any atom is -0.461 e. The summed E-state index contributed by atoms with van der Waals surface area (Å²) in [6.07, 6.45) is 0. The highest BCUT2D eigenvalue weighted by molar-refractivity contribution is 6.35. The second kappa shape index (κ2) is 5.93. The number of benzene rings is 1. The fraction of sp³-hybridized carbons (Fsp3) is 0.273. The van der Waals surface area contributed by atoms with Crippen LogP contribution in [-0.2, 0) is 9.53 Å². The van der Waals surface area contributed by atoms with Crippen LogP contribution in [0.1, 0.15) is 13.8 Å². The number of rotatable bonds is 4.